The van der Waals surface area contributed by atoms with E-state index in [-0.39, 0.29) is 0 Å². The Labute approximate surface area is 150 Å². The van der Waals surface area contributed by atoms with E-state index in [1.54, 1.807) is 0 Å². The maximum Gasteiger partial charge on any atom is 0.257 e. The van der Waals surface area contributed by atoms with Crippen molar-refractivity contribution < 1.29 is 4.52 Å². The van der Waals surface area contributed by atoms with Crippen molar-refractivity contribution in [3.05, 3.63) is 29.6 Å². The molecule has 2 aliphatic rings. The second-order valence-electron chi connectivity index (χ2n) is 7.85. The highest BCUT2D eigenvalue weighted by molar-refractivity contribution is 5.65. The van der Waals surface area contributed by atoms with E-state index in [2.05, 4.69) is 33.7 Å². The van der Waals surface area contributed by atoms with E-state index in [1.165, 1.54) is 75.5 Å². The topological polar surface area (TPSA) is 51.0 Å². The molecule has 1 aromatic heterocycles. The number of benzene rings is 1. The monoisotopic (exact) mass is 339 g/mol. The molecule has 134 valence electrons. The van der Waals surface area contributed by atoms with Gasteiger partial charge in [0, 0.05) is 17.3 Å². The summed E-state index contributed by atoms with van der Waals surface area (Å²) in [5.41, 5.74) is 3.76. The summed E-state index contributed by atoms with van der Waals surface area (Å²) in [5.74, 6) is 2.15. The van der Waals surface area contributed by atoms with Crippen molar-refractivity contribution in [3.63, 3.8) is 0 Å². The summed E-state index contributed by atoms with van der Waals surface area (Å²) in [6.07, 6.45) is 13.4. The van der Waals surface area contributed by atoms with E-state index in [1.807, 2.05) is 6.92 Å². The predicted molar refractivity (Wildman–Crippen MR) is 101 cm³/mol. The van der Waals surface area contributed by atoms with E-state index in [0.29, 0.717) is 17.8 Å². The molecule has 1 aromatic carbocycles. The van der Waals surface area contributed by atoms with Gasteiger partial charge in [-0.3, -0.25) is 0 Å². The van der Waals surface area contributed by atoms with E-state index >= 15 is 0 Å². The van der Waals surface area contributed by atoms with Crippen molar-refractivity contribution in [1.29, 1.82) is 0 Å². The van der Waals surface area contributed by atoms with Gasteiger partial charge in [-0.05, 0) is 49.8 Å². The first-order valence-electron chi connectivity index (χ1n) is 9.98. The molecule has 0 bridgehead atoms. The molecule has 0 atom stereocenters. The standard InChI is InChI=1S/C21H29N3O/c1-15-22-21(25-24-15)18-12-11-17(13-16-7-3-2-4-8-16)20(14-18)23-19-9-5-6-10-19/h11-12,14,16,19,23H,2-10,13H2,1H3. The Kier molecular flexibility index (Phi) is 5.04. The van der Waals surface area contributed by atoms with Gasteiger partial charge in [-0.25, -0.2) is 0 Å². The molecular weight excluding hydrogens is 310 g/mol. The summed E-state index contributed by atoms with van der Waals surface area (Å²) >= 11 is 0. The molecule has 4 nitrogen and oxygen atoms in total. The van der Waals surface area contributed by atoms with Gasteiger partial charge in [0.15, 0.2) is 5.82 Å². The molecule has 0 amide bonds. The van der Waals surface area contributed by atoms with Crippen molar-refractivity contribution in [1.82, 2.24) is 10.1 Å². The normalized spacial score (nSPS) is 19.4. The number of aryl methyl sites for hydroxylation is 1. The lowest BCUT2D eigenvalue weighted by molar-refractivity contribution is 0.357. The lowest BCUT2D eigenvalue weighted by atomic mass is 9.84. The molecule has 4 heteroatoms. The smallest absolute Gasteiger partial charge is 0.257 e. The van der Waals surface area contributed by atoms with Gasteiger partial charge in [0.05, 0.1) is 0 Å². The minimum absolute atomic E-state index is 0.616. The quantitative estimate of drug-likeness (QED) is 0.779. The molecule has 0 spiro atoms. The lowest BCUT2D eigenvalue weighted by Gasteiger charge is -2.24. The summed E-state index contributed by atoms with van der Waals surface area (Å²) in [7, 11) is 0. The largest absolute Gasteiger partial charge is 0.382 e. The summed E-state index contributed by atoms with van der Waals surface area (Å²) < 4.78 is 5.38. The Morgan fingerprint density at radius 3 is 2.52 bits per heavy atom. The Balaban J connectivity index is 1.59. The average molecular weight is 339 g/mol. The van der Waals surface area contributed by atoms with E-state index in [0.717, 1.165) is 11.5 Å². The van der Waals surface area contributed by atoms with Crippen LogP contribution >= 0.6 is 0 Å². The summed E-state index contributed by atoms with van der Waals surface area (Å²) in [5, 5.41) is 7.76. The van der Waals surface area contributed by atoms with Crippen molar-refractivity contribution in [2.45, 2.75) is 77.2 Å². The van der Waals surface area contributed by atoms with Gasteiger partial charge >= 0.3 is 0 Å². The fourth-order valence-electron chi connectivity index (χ4n) is 4.43. The molecule has 0 saturated heterocycles. The summed E-state index contributed by atoms with van der Waals surface area (Å²) in [6, 6.07) is 7.26. The van der Waals surface area contributed by atoms with Crippen molar-refractivity contribution in [2.75, 3.05) is 5.32 Å². The van der Waals surface area contributed by atoms with E-state index < -0.39 is 0 Å². The van der Waals surface area contributed by atoms with E-state index in [9.17, 15) is 0 Å². The highest BCUT2D eigenvalue weighted by Crippen LogP contribution is 2.33. The minimum atomic E-state index is 0.616. The van der Waals surface area contributed by atoms with Crippen LogP contribution in [-0.2, 0) is 6.42 Å². The zero-order valence-corrected chi connectivity index (χ0v) is 15.3. The van der Waals surface area contributed by atoms with Crippen LogP contribution in [0.2, 0.25) is 0 Å². The second kappa shape index (κ2) is 7.59. The van der Waals surface area contributed by atoms with Crippen LogP contribution in [0.15, 0.2) is 22.7 Å². The highest BCUT2D eigenvalue weighted by Gasteiger charge is 2.20. The first-order chi connectivity index (χ1) is 12.3. The Morgan fingerprint density at radius 1 is 1.04 bits per heavy atom. The molecule has 0 aliphatic heterocycles. The zero-order valence-electron chi connectivity index (χ0n) is 15.3. The first kappa shape index (κ1) is 16.6. The number of nitrogens with zero attached hydrogens (tertiary/aromatic N) is 2. The molecule has 2 saturated carbocycles. The number of nitrogens with one attached hydrogen (secondary N) is 1. The van der Waals surface area contributed by atoms with Gasteiger partial charge in [0.25, 0.3) is 5.89 Å². The molecule has 2 aliphatic carbocycles. The molecule has 4 rings (SSSR count). The number of aromatic nitrogens is 2. The van der Waals surface area contributed by atoms with Gasteiger partial charge in [-0.1, -0.05) is 56.2 Å². The number of anilines is 1. The zero-order chi connectivity index (χ0) is 17.1. The van der Waals surface area contributed by atoms with E-state index in [4.69, 9.17) is 4.52 Å². The minimum Gasteiger partial charge on any atom is -0.382 e. The molecule has 2 aromatic rings. The molecule has 1 N–H and O–H groups in total. The van der Waals surface area contributed by atoms with Gasteiger partial charge in [-0.2, -0.15) is 4.98 Å². The van der Waals surface area contributed by atoms with Crippen molar-refractivity contribution in [2.24, 2.45) is 5.92 Å². The van der Waals surface area contributed by atoms with Gasteiger partial charge < -0.3 is 9.84 Å². The number of hydrogen-bond donors (Lipinski definition) is 1. The van der Waals surface area contributed by atoms with Gasteiger partial charge in [0.2, 0.25) is 0 Å². The van der Waals surface area contributed by atoms with Crippen LogP contribution in [0.5, 0.6) is 0 Å². The Hall–Kier alpha value is -1.84. The average Bonchev–Trinajstić information content (AvgIpc) is 3.29. The van der Waals surface area contributed by atoms with Crippen LogP contribution in [0.25, 0.3) is 11.5 Å². The maximum atomic E-state index is 5.38. The van der Waals surface area contributed by atoms with Crippen LogP contribution in [0.1, 0.15) is 69.2 Å². The Morgan fingerprint density at radius 2 is 1.80 bits per heavy atom. The maximum absolute atomic E-state index is 5.38. The summed E-state index contributed by atoms with van der Waals surface area (Å²) in [4.78, 5) is 4.39. The fourth-order valence-corrected chi connectivity index (χ4v) is 4.43. The lowest BCUT2D eigenvalue weighted by Crippen LogP contribution is -2.17. The van der Waals surface area contributed by atoms with Gasteiger partial charge in [0.1, 0.15) is 0 Å². The van der Waals surface area contributed by atoms with Crippen LogP contribution < -0.4 is 5.32 Å². The third kappa shape index (κ3) is 4.05. The van der Waals surface area contributed by atoms with Crippen LogP contribution in [0.4, 0.5) is 5.69 Å². The third-order valence-corrected chi connectivity index (χ3v) is 5.83. The molecule has 2 fully saturated rings. The summed E-state index contributed by atoms with van der Waals surface area (Å²) in [6.45, 7) is 1.86. The molecule has 0 unspecified atom stereocenters. The molecule has 0 radical (unpaired) electrons. The fraction of sp³-hybridized carbons (Fsp3) is 0.619. The number of hydrogen-bond acceptors (Lipinski definition) is 4. The third-order valence-electron chi connectivity index (χ3n) is 5.83. The first-order valence-corrected chi connectivity index (χ1v) is 9.98. The molecule has 25 heavy (non-hydrogen) atoms. The Bertz CT molecular complexity index is 697. The van der Waals surface area contributed by atoms with Crippen molar-refractivity contribution >= 4 is 5.69 Å². The van der Waals surface area contributed by atoms with Crippen LogP contribution in [0, 0.1) is 12.8 Å². The van der Waals surface area contributed by atoms with Crippen LogP contribution in [0.3, 0.4) is 0 Å². The second-order valence-corrected chi connectivity index (χ2v) is 7.85. The highest BCUT2D eigenvalue weighted by atomic mass is 16.5. The number of rotatable bonds is 5. The predicted octanol–water partition coefficient (Wildman–Crippen LogP) is 5.52. The van der Waals surface area contributed by atoms with Crippen LogP contribution in [-0.4, -0.2) is 16.2 Å². The molecule has 1 heterocycles. The SMILES string of the molecule is Cc1noc(-c2ccc(CC3CCCCC3)c(NC3CCCC3)c2)n1. The van der Waals surface area contributed by atoms with Crippen molar-refractivity contribution in [3.8, 4) is 11.5 Å². The molecular formula is C21H29N3O. The van der Waals surface area contributed by atoms with Gasteiger partial charge in [-0.15, -0.1) is 0 Å².